The van der Waals surface area contributed by atoms with Gasteiger partial charge in [-0.1, -0.05) is 0 Å². The molecule has 1 aliphatic heterocycles. The lowest BCUT2D eigenvalue weighted by molar-refractivity contribution is 0.564. The summed E-state index contributed by atoms with van der Waals surface area (Å²) in [6.07, 6.45) is 2.73. The van der Waals surface area contributed by atoms with Gasteiger partial charge in [0, 0.05) is 18.6 Å². The van der Waals surface area contributed by atoms with Crippen molar-refractivity contribution in [3.8, 4) is 0 Å². The lowest BCUT2D eigenvalue weighted by atomic mass is 10.3. The van der Waals surface area contributed by atoms with Gasteiger partial charge in [-0.25, -0.2) is 21.6 Å². The normalized spacial score (nSPS) is 25.2. The summed E-state index contributed by atoms with van der Waals surface area (Å²) < 4.78 is 50.0. The first-order valence-electron chi connectivity index (χ1n) is 6.88. The topological polar surface area (TPSA) is 92.3 Å². The van der Waals surface area contributed by atoms with Crippen LogP contribution in [0.4, 0.5) is 0 Å². The molecule has 0 bridgehead atoms. The molecule has 118 valence electrons. The predicted molar refractivity (Wildman–Crippen MR) is 81.6 cm³/mol. The maximum absolute atomic E-state index is 12.2. The van der Waals surface area contributed by atoms with Gasteiger partial charge in [0.25, 0.3) is 0 Å². The molecule has 1 aromatic heterocycles. The Balaban J connectivity index is 1.64. The standard InChI is InChI=1S/C12H18N2O4S3/c15-20(16)4-3-11(8-20)14-21(17,18)12-5-9(7-19-12)6-13-10-1-2-10/h5,7,10-11,13-14H,1-4,6,8H2. The number of hydrogen-bond acceptors (Lipinski definition) is 6. The van der Waals surface area contributed by atoms with Crippen LogP contribution in [0.1, 0.15) is 24.8 Å². The monoisotopic (exact) mass is 350 g/mol. The number of nitrogens with one attached hydrogen (secondary N) is 2. The molecular formula is C12H18N2O4S3. The van der Waals surface area contributed by atoms with Gasteiger partial charge in [-0.3, -0.25) is 0 Å². The average molecular weight is 350 g/mol. The molecule has 1 unspecified atom stereocenters. The van der Waals surface area contributed by atoms with Crippen molar-refractivity contribution in [2.45, 2.75) is 42.1 Å². The third kappa shape index (κ3) is 4.04. The zero-order valence-corrected chi connectivity index (χ0v) is 13.9. The summed E-state index contributed by atoms with van der Waals surface area (Å²) in [6.45, 7) is 0.675. The molecule has 0 spiro atoms. The van der Waals surface area contributed by atoms with Crippen LogP contribution >= 0.6 is 11.3 Å². The van der Waals surface area contributed by atoms with Gasteiger partial charge in [-0.15, -0.1) is 11.3 Å². The summed E-state index contributed by atoms with van der Waals surface area (Å²) in [6, 6.07) is 1.73. The van der Waals surface area contributed by atoms with Gasteiger partial charge >= 0.3 is 0 Å². The van der Waals surface area contributed by atoms with E-state index in [0.29, 0.717) is 19.0 Å². The maximum Gasteiger partial charge on any atom is 0.250 e. The fourth-order valence-electron chi connectivity index (χ4n) is 2.30. The molecule has 1 atom stereocenters. The van der Waals surface area contributed by atoms with Crippen LogP contribution in [0.5, 0.6) is 0 Å². The van der Waals surface area contributed by atoms with E-state index < -0.39 is 25.9 Å². The molecule has 1 saturated carbocycles. The van der Waals surface area contributed by atoms with Crippen molar-refractivity contribution >= 4 is 31.2 Å². The SMILES string of the molecule is O=S1(=O)CCC(NS(=O)(=O)c2cc(CNC3CC3)cs2)C1. The molecular weight excluding hydrogens is 332 g/mol. The van der Waals surface area contributed by atoms with Crippen LogP contribution in [0, 0.1) is 0 Å². The minimum absolute atomic E-state index is 0.0567. The Hall–Kier alpha value is -0.480. The second-order valence-corrected chi connectivity index (χ2v) is 10.7. The van der Waals surface area contributed by atoms with Crippen LogP contribution in [0.2, 0.25) is 0 Å². The average Bonchev–Trinajstić information content (AvgIpc) is 2.97. The molecule has 1 saturated heterocycles. The van der Waals surface area contributed by atoms with Crippen LogP contribution in [0.25, 0.3) is 0 Å². The summed E-state index contributed by atoms with van der Waals surface area (Å²) in [4.78, 5) is 0. The Kier molecular flexibility index (Phi) is 4.12. The molecule has 0 radical (unpaired) electrons. The summed E-state index contributed by atoms with van der Waals surface area (Å²) in [5.74, 6) is -0.0467. The second kappa shape index (κ2) is 5.62. The molecule has 9 heteroatoms. The van der Waals surface area contributed by atoms with Crippen LogP contribution in [-0.4, -0.2) is 40.4 Å². The minimum Gasteiger partial charge on any atom is -0.310 e. The quantitative estimate of drug-likeness (QED) is 0.778. The highest BCUT2D eigenvalue weighted by atomic mass is 32.2. The second-order valence-electron chi connectivity index (χ2n) is 5.65. The van der Waals surface area contributed by atoms with Crippen LogP contribution in [0.3, 0.4) is 0 Å². The molecule has 2 N–H and O–H groups in total. The summed E-state index contributed by atoms with van der Waals surface area (Å²) in [5, 5.41) is 5.16. The Labute approximate surface area is 128 Å². The molecule has 21 heavy (non-hydrogen) atoms. The fourth-order valence-corrected chi connectivity index (χ4v) is 6.58. The number of sulfonamides is 1. The number of sulfone groups is 1. The van der Waals surface area contributed by atoms with E-state index in [0.717, 1.165) is 5.56 Å². The lowest BCUT2D eigenvalue weighted by Gasteiger charge is -2.09. The fraction of sp³-hybridized carbons (Fsp3) is 0.667. The molecule has 6 nitrogen and oxygen atoms in total. The molecule has 1 aliphatic carbocycles. The Morgan fingerprint density at radius 1 is 1.24 bits per heavy atom. The number of thiophene rings is 1. The van der Waals surface area contributed by atoms with Gasteiger partial charge in [0.2, 0.25) is 10.0 Å². The van der Waals surface area contributed by atoms with Crippen molar-refractivity contribution in [1.29, 1.82) is 0 Å². The van der Waals surface area contributed by atoms with E-state index in [4.69, 9.17) is 0 Å². The summed E-state index contributed by atoms with van der Waals surface area (Å²) in [5.41, 5.74) is 0.950. The molecule has 0 amide bonds. The van der Waals surface area contributed by atoms with Crippen molar-refractivity contribution in [3.63, 3.8) is 0 Å². The first-order chi connectivity index (χ1) is 9.84. The Morgan fingerprint density at radius 3 is 2.62 bits per heavy atom. The minimum atomic E-state index is -3.62. The predicted octanol–water partition coefficient (Wildman–Crippen LogP) is 0.465. The smallest absolute Gasteiger partial charge is 0.250 e. The Morgan fingerprint density at radius 2 is 2.00 bits per heavy atom. The van der Waals surface area contributed by atoms with E-state index in [1.165, 1.54) is 24.2 Å². The van der Waals surface area contributed by atoms with Crippen molar-refractivity contribution in [2.75, 3.05) is 11.5 Å². The van der Waals surface area contributed by atoms with E-state index >= 15 is 0 Å². The van der Waals surface area contributed by atoms with E-state index in [1.807, 2.05) is 5.38 Å². The molecule has 0 aromatic carbocycles. The van der Waals surface area contributed by atoms with Crippen molar-refractivity contribution in [3.05, 3.63) is 17.0 Å². The van der Waals surface area contributed by atoms with Gasteiger partial charge in [0.15, 0.2) is 9.84 Å². The highest BCUT2D eigenvalue weighted by Crippen LogP contribution is 2.24. The largest absolute Gasteiger partial charge is 0.310 e. The zero-order valence-electron chi connectivity index (χ0n) is 11.4. The van der Waals surface area contributed by atoms with Crippen molar-refractivity contribution in [1.82, 2.24) is 10.0 Å². The summed E-state index contributed by atoms with van der Waals surface area (Å²) >= 11 is 1.17. The zero-order chi connectivity index (χ0) is 15.1. The van der Waals surface area contributed by atoms with Crippen LogP contribution in [-0.2, 0) is 26.4 Å². The van der Waals surface area contributed by atoms with Crippen LogP contribution in [0.15, 0.2) is 15.7 Å². The summed E-state index contributed by atoms with van der Waals surface area (Å²) in [7, 11) is -6.71. The van der Waals surface area contributed by atoms with Gasteiger partial charge in [-0.2, -0.15) is 0 Å². The maximum atomic E-state index is 12.2. The van der Waals surface area contributed by atoms with Gasteiger partial charge in [-0.05, 0) is 36.3 Å². The van der Waals surface area contributed by atoms with Gasteiger partial charge in [0.05, 0.1) is 11.5 Å². The first-order valence-corrected chi connectivity index (χ1v) is 11.1. The first kappa shape index (κ1) is 15.4. The Bertz CT molecular complexity index is 719. The third-order valence-corrected chi connectivity index (χ3v) is 8.40. The van der Waals surface area contributed by atoms with E-state index in [9.17, 15) is 16.8 Å². The molecule has 2 aliphatic rings. The molecule has 2 fully saturated rings. The lowest BCUT2D eigenvalue weighted by Crippen LogP contribution is -2.35. The van der Waals surface area contributed by atoms with E-state index in [2.05, 4.69) is 10.0 Å². The number of rotatable bonds is 6. The van der Waals surface area contributed by atoms with Gasteiger partial charge < -0.3 is 5.32 Å². The third-order valence-electron chi connectivity index (χ3n) is 3.62. The van der Waals surface area contributed by atoms with Gasteiger partial charge in [0.1, 0.15) is 4.21 Å². The number of hydrogen-bond donors (Lipinski definition) is 2. The highest BCUT2D eigenvalue weighted by Gasteiger charge is 2.32. The molecule has 2 heterocycles. The van der Waals surface area contributed by atoms with Crippen molar-refractivity contribution in [2.24, 2.45) is 0 Å². The van der Waals surface area contributed by atoms with E-state index in [-0.39, 0.29) is 15.7 Å². The highest BCUT2D eigenvalue weighted by molar-refractivity contribution is 7.92. The van der Waals surface area contributed by atoms with Crippen molar-refractivity contribution < 1.29 is 16.8 Å². The molecule has 3 rings (SSSR count). The molecule has 1 aromatic rings. The van der Waals surface area contributed by atoms with E-state index in [1.54, 1.807) is 6.07 Å². The van der Waals surface area contributed by atoms with Crippen LogP contribution < -0.4 is 10.0 Å².